The van der Waals surface area contributed by atoms with Crippen LogP contribution in [0, 0.1) is 0 Å². The average Bonchev–Trinajstić information content (AvgIpc) is 2.96. The fourth-order valence-electron chi connectivity index (χ4n) is 1.72. The van der Waals surface area contributed by atoms with Gasteiger partial charge in [-0.25, -0.2) is 9.78 Å². The number of aliphatic hydroxyl groups excluding tert-OH is 1. The van der Waals surface area contributed by atoms with Crippen LogP contribution in [0.3, 0.4) is 0 Å². The minimum absolute atomic E-state index is 0.300. The molecule has 8 nitrogen and oxygen atoms in total. The van der Waals surface area contributed by atoms with Crippen molar-refractivity contribution < 1.29 is 19.4 Å². The summed E-state index contributed by atoms with van der Waals surface area (Å²) >= 11 is 1.33. The summed E-state index contributed by atoms with van der Waals surface area (Å²) in [6, 6.07) is 0.477. The Morgan fingerprint density at radius 2 is 2.33 bits per heavy atom. The summed E-state index contributed by atoms with van der Waals surface area (Å²) in [7, 11) is 1.15. The molecular weight excluding hydrogens is 298 g/mol. The van der Waals surface area contributed by atoms with Crippen molar-refractivity contribution in [1.82, 2.24) is 14.9 Å². The first-order valence-corrected chi connectivity index (χ1v) is 6.85. The van der Waals surface area contributed by atoms with E-state index in [1.165, 1.54) is 17.7 Å². The summed E-state index contributed by atoms with van der Waals surface area (Å²) < 4.78 is 5.57. The molecule has 2 aromatic heterocycles. The topological polar surface area (TPSA) is 111 Å². The van der Waals surface area contributed by atoms with Gasteiger partial charge < -0.3 is 15.2 Å². The second-order valence-corrected chi connectivity index (χ2v) is 5.04. The fraction of sp³-hybridized carbons (Fsp3) is 0.333. The number of fused-ring (bicyclic) bond motifs is 1. The van der Waals surface area contributed by atoms with Crippen LogP contribution in [0.25, 0.3) is 10.2 Å². The fourth-order valence-corrected chi connectivity index (χ4v) is 2.45. The second kappa shape index (κ2) is 6.46. The summed E-state index contributed by atoms with van der Waals surface area (Å²) in [6.45, 7) is -0.889. The Hall–Kier alpha value is -2.26. The molecular formula is C12H13N3O5S. The number of hydrogen-bond acceptors (Lipinski definition) is 7. The van der Waals surface area contributed by atoms with E-state index in [0.717, 1.165) is 11.7 Å². The number of carbonyl (C=O) groups excluding carboxylic acids is 2. The number of nitrogens with one attached hydrogen (secondary N) is 1. The third kappa shape index (κ3) is 3.26. The SMILES string of the molecule is COC(=O)C(CO)NC(=O)Cn1cnc2sccc2c1=O. The highest BCUT2D eigenvalue weighted by Gasteiger charge is 2.20. The van der Waals surface area contributed by atoms with Crippen molar-refractivity contribution in [3.8, 4) is 0 Å². The predicted molar refractivity (Wildman–Crippen MR) is 74.9 cm³/mol. The summed E-state index contributed by atoms with van der Waals surface area (Å²) in [4.78, 5) is 39.8. The smallest absolute Gasteiger partial charge is 0.330 e. The van der Waals surface area contributed by atoms with E-state index in [1.807, 2.05) is 0 Å². The zero-order valence-corrected chi connectivity index (χ0v) is 11.9. The van der Waals surface area contributed by atoms with Crippen LogP contribution in [0.1, 0.15) is 0 Å². The zero-order valence-electron chi connectivity index (χ0n) is 11.1. The Morgan fingerprint density at radius 1 is 1.57 bits per heavy atom. The van der Waals surface area contributed by atoms with E-state index in [9.17, 15) is 14.4 Å². The van der Waals surface area contributed by atoms with Crippen LogP contribution >= 0.6 is 11.3 Å². The second-order valence-electron chi connectivity index (χ2n) is 4.14. The maximum absolute atomic E-state index is 12.1. The highest BCUT2D eigenvalue weighted by molar-refractivity contribution is 7.16. The molecule has 2 N–H and O–H groups in total. The van der Waals surface area contributed by atoms with Crippen LogP contribution in [-0.2, 0) is 20.9 Å². The Bertz CT molecular complexity index is 723. The van der Waals surface area contributed by atoms with Gasteiger partial charge in [0, 0.05) is 0 Å². The van der Waals surface area contributed by atoms with E-state index < -0.39 is 24.5 Å². The molecule has 0 bridgehead atoms. The molecule has 1 unspecified atom stereocenters. The number of thiophene rings is 1. The van der Waals surface area contributed by atoms with Gasteiger partial charge in [-0.15, -0.1) is 11.3 Å². The number of esters is 1. The molecule has 0 saturated heterocycles. The van der Waals surface area contributed by atoms with Gasteiger partial charge in [0.2, 0.25) is 5.91 Å². The standard InChI is InChI=1S/C12H13N3O5S/c1-20-12(19)8(5-16)14-9(17)4-15-6-13-10-7(11(15)18)2-3-21-10/h2-3,6,8,16H,4-5H2,1H3,(H,14,17). The lowest BCUT2D eigenvalue weighted by atomic mass is 10.3. The van der Waals surface area contributed by atoms with Gasteiger partial charge >= 0.3 is 5.97 Å². The highest BCUT2D eigenvalue weighted by Crippen LogP contribution is 2.13. The van der Waals surface area contributed by atoms with Crippen LogP contribution in [0.15, 0.2) is 22.6 Å². The molecule has 2 aromatic rings. The number of methoxy groups -OCH3 is 1. The van der Waals surface area contributed by atoms with Crippen LogP contribution in [-0.4, -0.2) is 46.3 Å². The maximum atomic E-state index is 12.1. The Balaban J connectivity index is 2.12. The zero-order chi connectivity index (χ0) is 15.4. The van der Waals surface area contributed by atoms with E-state index in [-0.39, 0.29) is 12.1 Å². The van der Waals surface area contributed by atoms with Crippen molar-refractivity contribution in [3.05, 3.63) is 28.1 Å². The maximum Gasteiger partial charge on any atom is 0.330 e. The van der Waals surface area contributed by atoms with Gasteiger partial charge in [-0.3, -0.25) is 14.2 Å². The lowest BCUT2D eigenvalue weighted by Gasteiger charge is -2.14. The lowest BCUT2D eigenvalue weighted by molar-refractivity contribution is -0.146. The van der Waals surface area contributed by atoms with E-state index in [0.29, 0.717) is 10.2 Å². The number of ether oxygens (including phenoxy) is 1. The number of hydrogen-bond donors (Lipinski definition) is 2. The van der Waals surface area contributed by atoms with Crippen molar-refractivity contribution in [2.45, 2.75) is 12.6 Å². The summed E-state index contributed by atoms with van der Waals surface area (Å²) in [5, 5.41) is 13.5. The highest BCUT2D eigenvalue weighted by atomic mass is 32.1. The normalized spacial score (nSPS) is 12.1. The third-order valence-corrected chi connectivity index (χ3v) is 3.59. The minimum Gasteiger partial charge on any atom is -0.467 e. The first kappa shape index (κ1) is 15.1. The van der Waals surface area contributed by atoms with Crippen molar-refractivity contribution in [2.75, 3.05) is 13.7 Å². The van der Waals surface area contributed by atoms with Crippen molar-refractivity contribution in [3.63, 3.8) is 0 Å². The van der Waals surface area contributed by atoms with Gasteiger partial charge in [-0.05, 0) is 11.4 Å². The Labute approximate surface area is 123 Å². The molecule has 0 aliphatic carbocycles. The summed E-state index contributed by atoms with van der Waals surface area (Å²) in [5.74, 6) is -1.36. The molecule has 2 heterocycles. The first-order chi connectivity index (χ1) is 10.1. The largest absolute Gasteiger partial charge is 0.467 e. The van der Waals surface area contributed by atoms with E-state index in [1.54, 1.807) is 11.4 Å². The Morgan fingerprint density at radius 3 is 3.00 bits per heavy atom. The van der Waals surface area contributed by atoms with Crippen LogP contribution < -0.4 is 10.9 Å². The van der Waals surface area contributed by atoms with Gasteiger partial charge in [0.1, 0.15) is 11.4 Å². The molecule has 21 heavy (non-hydrogen) atoms. The van der Waals surface area contributed by atoms with Crippen LogP contribution in [0.5, 0.6) is 0 Å². The van der Waals surface area contributed by atoms with Gasteiger partial charge in [0.25, 0.3) is 5.56 Å². The molecule has 0 aromatic carbocycles. The number of amides is 1. The van der Waals surface area contributed by atoms with E-state index in [2.05, 4.69) is 15.0 Å². The molecule has 2 rings (SSSR count). The van der Waals surface area contributed by atoms with Crippen LogP contribution in [0.4, 0.5) is 0 Å². The third-order valence-electron chi connectivity index (χ3n) is 2.77. The molecule has 0 aliphatic heterocycles. The van der Waals surface area contributed by atoms with Gasteiger partial charge in [0.15, 0.2) is 6.04 Å². The molecule has 0 radical (unpaired) electrons. The van der Waals surface area contributed by atoms with E-state index in [4.69, 9.17) is 5.11 Å². The quantitative estimate of drug-likeness (QED) is 0.693. The molecule has 0 spiro atoms. The lowest BCUT2D eigenvalue weighted by Crippen LogP contribution is -2.46. The monoisotopic (exact) mass is 311 g/mol. The average molecular weight is 311 g/mol. The molecule has 112 valence electrons. The predicted octanol–water partition coefficient (Wildman–Crippen LogP) is -0.892. The van der Waals surface area contributed by atoms with Gasteiger partial charge in [0.05, 0.1) is 25.4 Å². The number of aliphatic hydroxyl groups is 1. The Kier molecular flexibility index (Phi) is 4.66. The number of aromatic nitrogens is 2. The molecule has 0 fully saturated rings. The number of carbonyl (C=O) groups is 2. The summed E-state index contributed by atoms with van der Waals surface area (Å²) in [6.07, 6.45) is 1.27. The van der Waals surface area contributed by atoms with Crippen LogP contribution in [0.2, 0.25) is 0 Å². The van der Waals surface area contributed by atoms with Gasteiger partial charge in [-0.1, -0.05) is 0 Å². The molecule has 1 atom stereocenters. The number of nitrogens with zero attached hydrogens (tertiary/aromatic N) is 2. The first-order valence-electron chi connectivity index (χ1n) is 5.97. The summed E-state index contributed by atoms with van der Waals surface area (Å²) in [5.41, 5.74) is -0.338. The van der Waals surface area contributed by atoms with Gasteiger partial charge in [-0.2, -0.15) is 0 Å². The number of rotatable bonds is 5. The molecule has 1 amide bonds. The molecule has 9 heteroatoms. The molecule has 0 aliphatic rings. The minimum atomic E-state index is -1.16. The van der Waals surface area contributed by atoms with Crippen molar-refractivity contribution in [1.29, 1.82) is 0 Å². The van der Waals surface area contributed by atoms with Crippen molar-refractivity contribution in [2.24, 2.45) is 0 Å². The molecule has 0 saturated carbocycles. The van der Waals surface area contributed by atoms with Crippen molar-refractivity contribution >= 4 is 33.4 Å². The van der Waals surface area contributed by atoms with E-state index >= 15 is 0 Å².